The fraction of sp³-hybridized carbons (Fsp3) is 1.00. The summed E-state index contributed by atoms with van der Waals surface area (Å²) in [5.74, 6) is 1.09. The molecule has 3 heteroatoms. The summed E-state index contributed by atoms with van der Waals surface area (Å²) in [5, 5.41) is -0.472. The van der Waals surface area contributed by atoms with Gasteiger partial charge in [-0.05, 0) is 24.2 Å². The van der Waals surface area contributed by atoms with Gasteiger partial charge in [0.1, 0.15) is 6.17 Å². The van der Waals surface area contributed by atoms with Gasteiger partial charge in [-0.1, -0.05) is 51.3 Å². The van der Waals surface area contributed by atoms with Crippen LogP contribution >= 0.6 is 11.6 Å². The standard InChI is InChI=1S/C14H23BClF/c1-9-7-12(15)13(16)14(17)11(9)8-10-5-3-2-4-6-10/h9-14H,2-8H2,1H3. The number of halogens is 2. The van der Waals surface area contributed by atoms with Crippen LogP contribution in [0.2, 0.25) is 5.82 Å². The molecule has 2 fully saturated rings. The molecular formula is C14H23BClF. The molecule has 0 nitrogen and oxygen atoms in total. The first kappa shape index (κ1) is 13.7. The van der Waals surface area contributed by atoms with Crippen LogP contribution in [0.5, 0.6) is 0 Å². The summed E-state index contributed by atoms with van der Waals surface area (Å²) in [7, 11) is 5.88. The van der Waals surface area contributed by atoms with E-state index in [0.717, 1.165) is 18.8 Å². The Kier molecular flexibility index (Phi) is 4.80. The molecule has 2 saturated carbocycles. The second-order valence-electron chi connectivity index (χ2n) is 6.17. The molecule has 0 spiro atoms. The third-order valence-corrected chi connectivity index (χ3v) is 5.39. The van der Waals surface area contributed by atoms with Crippen LogP contribution in [-0.2, 0) is 0 Å². The van der Waals surface area contributed by atoms with E-state index < -0.39 is 11.5 Å². The van der Waals surface area contributed by atoms with E-state index in [1.165, 1.54) is 32.1 Å². The van der Waals surface area contributed by atoms with Gasteiger partial charge in [-0.15, -0.1) is 11.6 Å². The van der Waals surface area contributed by atoms with Gasteiger partial charge in [-0.3, -0.25) is 0 Å². The van der Waals surface area contributed by atoms with Crippen molar-refractivity contribution >= 4 is 19.4 Å². The highest BCUT2D eigenvalue weighted by Gasteiger charge is 2.41. The van der Waals surface area contributed by atoms with Crippen LogP contribution in [-0.4, -0.2) is 19.4 Å². The van der Waals surface area contributed by atoms with Gasteiger partial charge in [-0.25, -0.2) is 4.39 Å². The fourth-order valence-corrected chi connectivity index (χ4v) is 3.98. The molecule has 0 amide bonds. The molecule has 0 aromatic heterocycles. The number of hydrogen-bond acceptors (Lipinski definition) is 0. The second kappa shape index (κ2) is 5.95. The maximum atomic E-state index is 14.3. The van der Waals surface area contributed by atoms with Crippen LogP contribution in [0.15, 0.2) is 0 Å². The third kappa shape index (κ3) is 3.19. The van der Waals surface area contributed by atoms with Crippen LogP contribution in [0.4, 0.5) is 4.39 Å². The van der Waals surface area contributed by atoms with E-state index >= 15 is 0 Å². The molecule has 0 aromatic carbocycles. The molecule has 0 heterocycles. The highest BCUT2D eigenvalue weighted by molar-refractivity contribution is 6.27. The SMILES string of the molecule is [B]C1CC(C)C(CC2CCCCC2)C(F)C1Cl. The minimum absolute atomic E-state index is 0.139. The highest BCUT2D eigenvalue weighted by atomic mass is 35.5. The number of hydrogen-bond donors (Lipinski definition) is 0. The van der Waals surface area contributed by atoms with Gasteiger partial charge in [0.15, 0.2) is 0 Å². The van der Waals surface area contributed by atoms with Crippen LogP contribution < -0.4 is 0 Å². The van der Waals surface area contributed by atoms with E-state index in [9.17, 15) is 4.39 Å². The van der Waals surface area contributed by atoms with Gasteiger partial charge >= 0.3 is 0 Å². The van der Waals surface area contributed by atoms with Crippen molar-refractivity contribution in [2.45, 2.75) is 69.2 Å². The lowest BCUT2D eigenvalue weighted by Gasteiger charge is -2.41. The first-order chi connectivity index (χ1) is 8.09. The zero-order valence-corrected chi connectivity index (χ0v) is 11.5. The second-order valence-corrected chi connectivity index (χ2v) is 6.67. The Hall–Kier alpha value is 0.285. The first-order valence-electron chi connectivity index (χ1n) is 7.13. The van der Waals surface area contributed by atoms with Crippen LogP contribution in [0.3, 0.4) is 0 Å². The lowest BCUT2D eigenvalue weighted by molar-refractivity contribution is 0.0905. The Morgan fingerprint density at radius 3 is 2.53 bits per heavy atom. The van der Waals surface area contributed by atoms with E-state index in [4.69, 9.17) is 19.4 Å². The van der Waals surface area contributed by atoms with Crippen molar-refractivity contribution in [3.8, 4) is 0 Å². The summed E-state index contributed by atoms with van der Waals surface area (Å²) >= 11 is 6.10. The molecule has 0 aromatic rings. The van der Waals surface area contributed by atoms with E-state index in [1.807, 2.05) is 0 Å². The van der Waals surface area contributed by atoms with Gasteiger partial charge < -0.3 is 0 Å². The van der Waals surface area contributed by atoms with E-state index in [0.29, 0.717) is 5.92 Å². The lowest BCUT2D eigenvalue weighted by atomic mass is 9.63. The largest absolute Gasteiger partial charge is 0.246 e. The molecule has 0 N–H and O–H groups in total. The summed E-state index contributed by atoms with van der Waals surface area (Å²) < 4.78 is 14.3. The van der Waals surface area contributed by atoms with Crippen LogP contribution in [0.25, 0.3) is 0 Å². The Labute approximate surface area is 111 Å². The molecule has 0 saturated heterocycles. The van der Waals surface area contributed by atoms with Crippen molar-refractivity contribution < 1.29 is 4.39 Å². The number of alkyl halides is 2. The Morgan fingerprint density at radius 1 is 1.24 bits per heavy atom. The molecule has 0 aliphatic heterocycles. The van der Waals surface area contributed by atoms with Gasteiger partial charge in [0.05, 0.1) is 13.2 Å². The minimum Gasteiger partial charge on any atom is -0.246 e. The molecule has 17 heavy (non-hydrogen) atoms. The van der Waals surface area contributed by atoms with E-state index in [1.54, 1.807) is 0 Å². The van der Waals surface area contributed by atoms with Gasteiger partial charge in [0.2, 0.25) is 0 Å². The predicted molar refractivity (Wildman–Crippen MR) is 72.5 cm³/mol. The summed E-state index contributed by atoms with van der Waals surface area (Å²) in [4.78, 5) is 0. The molecule has 96 valence electrons. The van der Waals surface area contributed by atoms with Crippen molar-refractivity contribution in [1.29, 1.82) is 0 Å². The normalized spacial score (nSPS) is 44.8. The van der Waals surface area contributed by atoms with Crippen molar-refractivity contribution in [3.05, 3.63) is 0 Å². The maximum Gasteiger partial charge on any atom is 0.119 e. The molecule has 2 rings (SSSR count). The fourth-order valence-electron chi connectivity index (χ4n) is 3.69. The first-order valence-corrected chi connectivity index (χ1v) is 7.57. The summed E-state index contributed by atoms with van der Waals surface area (Å²) in [6.45, 7) is 2.14. The average Bonchev–Trinajstić information content (AvgIpc) is 2.33. The molecule has 5 atom stereocenters. The number of rotatable bonds is 2. The monoisotopic (exact) mass is 256 g/mol. The molecule has 5 unspecified atom stereocenters. The van der Waals surface area contributed by atoms with Gasteiger partial charge in [0.25, 0.3) is 0 Å². The summed E-state index contributed by atoms with van der Waals surface area (Å²) in [6, 6.07) is 0. The Balaban J connectivity index is 1.93. The van der Waals surface area contributed by atoms with E-state index in [-0.39, 0.29) is 11.7 Å². The van der Waals surface area contributed by atoms with Crippen molar-refractivity contribution in [2.24, 2.45) is 17.8 Å². The molecule has 0 bridgehead atoms. The topological polar surface area (TPSA) is 0 Å². The molecule has 2 radical (unpaired) electrons. The summed E-state index contributed by atoms with van der Waals surface area (Å²) in [5.41, 5.74) is 0. The zero-order valence-electron chi connectivity index (χ0n) is 10.7. The van der Waals surface area contributed by atoms with E-state index in [2.05, 4.69) is 6.92 Å². The zero-order chi connectivity index (χ0) is 12.4. The minimum atomic E-state index is -0.905. The molecule has 2 aliphatic carbocycles. The van der Waals surface area contributed by atoms with Crippen molar-refractivity contribution in [2.75, 3.05) is 0 Å². The van der Waals surface area contributed by atoms with Crippen LogP contribution in [0.1, 0.15) is 51.9 Å². The Morgan fingerprint density at radius 2 is 1.88 bits per heavy atom. The predicted octanol–water partition coefficient (Wildman–Crippen LogP) is 4.52. The van der Waals surface area contributed by atoms with Crippen molar-refractivity contribution in [1.82, 2.24) is 0 Å². The molecular weight excluding hydrogens is 233 g/mol. The third-order valence-electron chi connectivity index (χ3n) is 4.83. The Bertz CT molecular complexity index is 242. The quantitative estimate of drug-likeness (QED) is 0.503. The summed E-state index contributed by atoms with van der Waals surface area (Å²) in [6.07, 6.45) is 7.59. The van der Waals surface area contributed by atoms with Crippen molar-refractivity contribution in [3.63, 3.8) is 0 Å². The maximum absolute atomic E-state index is 14.3. The highest BCUT2D eigenvalue weighted by Crippen LogP contribution is 2.44. The lowest BCUT2D eigenvalue weighted by Crippen LogP contribution is -2.40. The van der Waals surface area contributed by atoms with Gasteiger partial charge in [-0.2, -0.15) is 0 Å². The smallest absolute Gasteiger partial charge is 0.119 e. The molecule has 2 aliphatic rings. The van der Waals surface area contributed by atoms with Gasteiger partial charge in [0, 0.05) is 0 Å². The van der Waals surface area contributed by atoms with Crippen LogP contribution in [0, 0.1) is 17.8 Å². The average molecular weight is 257 g/mol.